The summed E-state index contributed by atoms with van der Waals surface area (Å²) in [5, 5.41) is 8.80. The predicted molar refractivity (Wildman–Crippen MR) is 70.4 cm³/mol. The van der Waals surface area contributed by atoms with E-state index in [0.29, 0.717) is 18.9 Å². The average Bonchev–Trinajstić information content (AvgIpc) is 3.19. The molecule has 1 N–H and O–H groups in total. The minimum atomic E-state index is -4.25. The number of carbonyl (C=O) groups is 1. The van der Waals surface area contributed by atoms with E-state index < -0.39 is 38.1 Å². The highest BCUT2D eigenvalue weighted by molar-refractivity contribution is 7.89. The molecule has 1 aromatic carbocycles. The van der Waals surface area contributed by atoms with Crippen molar-refractivity contribution in [3.63, 3.8) is 0 Å². The van der Waals surface area contributed by atoms with E-state index in [1.165, 1.54) is 6.08 Å². The maximum atomic E-state index is 14.1. The molecule has 0 spiro atoms. The second kappa shape index (κ2) is 5.53. The van der Waals surface area contributed by atoms with Gasteiger partial charge in [-0.3, -0.25) is 0 Å². The van der Waals surface area contributed by atoms with Crippen LogP contribution in [0.25, 0.3) is 0 Å². The molecule has 1 saturated carbocycles. The summed E-state index contributed by atoms with van der Waals surface area (Å²) in [4.78, 5) is 10.0. The summed E-state index contributed by atoms with van der Waals surface area (Å²) in [6, 6.07) is 1.12. The Labute approximate surface area is 120 Å². The zero-order chi connectivity index (χ0) is 15.8. The molecular formula is C13H13F2NO4S. The van der Waals surface area contributed by atoms with Crippen molar-refractivity contribution >= 4 is 16.0 Å². The number of halogens is 2. The van der Waals surface area contributed by atoms with E-state index in [2.05, 4.69) is 6.58 Å². The number of hydrogen-bond acceptors (Lipinski definition) is 3. The first kappa shape index (κ1) is 15.6. The van der Waals surface area contributed by atoms with Crippen LogP contribution in [0.2, 0.25) is 0 Å². The van der Waals surface area contributed by atoms with Gasteiger partial charge in [-0.2, -0.15) is 4.31 Å². The van der Waals surface area contributed by atoms with Crippen molar-refractivity contribution in [3.8, 4) is 0 Å². The molecule has 0 amide bonds. The number of carboxylic acid groups (broad SMARTS) is 1. The summed E-state index contributed by atoms with van der Waals surface area (Å²) in [6.07, 6.45) is 2.64. The number of benzene rings is 1. The maximum absolute atomic E-state index is 14.1. The third-order valence-corrected chi connectivity index (χ3v) is 5.06. The van der Waals surface area contributed by atoms with Crippen molar-refractivity contribution in [3.05, 3.63) is 42.0 Å². The molecule has 1 fully saturated rings. The number of aromatic carboxylic acids is 1. The Hall–Kier alpha value is -1.80. The minimum Gasteiger partial charge on any atom is -0.477 e. The molecule has 21 heavy (non-hydrogen) atoms. The van der Waals surface area contributed by atoms with Crippen molar-refractivity contribution in [2.75, 3.05) is 6.54 Å². The van der Waals surface area contributed by atoms with Gasteiger partial charge in [0, 0.05) is 12.6 Å². The first-order chi connectivity index (χ1) is 9.80. The average molecular weight is 317 g/mol. The molecule has 1 aliphatic rings. The van der Waals surface area contributed by atoms with Crippen LogP contribution in [0, 0.1) is 11.6 Å². The maximum Gasteiger partial charge on any atom is 0.341 e. The first-order valence-electron chi connectivity index (χ1n) is 6.14. The van der Waals surface area contributed by atoms with Crippen LogP contribution in [0.1, 0.15) is 23.2 Å². The molecule has 114 valence electrons. The molecule has 2 rings (SSSR count). The minimum absolute atomic E-state index is 0.0216. The fourth-order valence-electron chi connectivity index (χ4n) is 1.99. The monoisotopic (exact) mass is 317 g/mol. The predicted octanol–water partition coefficient (Wildman–Crippen LogP) is 2.00. The normalized spacial score (nSPS) is 15.2. The lowest BCUT2D eigenvalue weighted by Gasteiger charge is -2.20. The lowest BCUT2D eigenvalue weighted by molar-refractivity contribution is 0.0685. The SMILES string of the molecule is C=CCN(C1CC1)S(=O)(=O)c1ccc(F)c(C(=O)O)c1F. The van der Waals surface area contributed by atoms with Crippen LogP contribution in [0.3, 0.4) is 0 Å². The van der Waals surface area contributed by atoms with E-state index in [1.54, 1.807) is 0 Å². The van der Waals surface area contributed by atoms with E-state index >= 15 is 0 Å². The molecule has 0 aliphatic heterocycles. The highest BCUT2D eigenvalue weighted by Crippen LogP contribution is 2.33. The van der Waals surface area contributed by atoms with Gasteiger partial charge in [0.1, 0.15) is 16.3 Å². The lowest BCUT2D eigenvalue weighted by atomic mass is 10.2. The van der Waals surface area contributed by atoms with Gasteiger partial charge in [0.15, 0.2) is 5.82 Å². The van der Waals surface area contributed by atoms with Crippen LogP contribution in [0.15, 0.2) is 29.7 Å². The summed E-state index contributed by atoms with van der Waals surface area (Å²) in [7, 11) is -4.25. The van der Waals surface area contributed by atoms with Crippen LogP contribution in [0.5, 0.6) is 0 Å². The molecule has 0 bridgehead atoms. The molecule has 1 aliphatic carbocycles. The number of rotatable bonds is 6. The van der Waals surface area contributed by atoms with Gasteiger partial charge in [-0.1, -0.05) is 6.08 Å². The van der Waals surface area contributed by atoms with Crippen molar-refractivity contribution in [2.45, 2.75) is 23.8 Å². The third-order valence-electron chi connectivity index (χ3n) is 3.12. The summed E-state index contributed by atoms with van der Waals surface area (Å²) in [5.74, 6) is -4.76. The Bertz CT molecular complexity index is 698. The fourth-order valence-corrected chi connectivity index (χ4v) is 3.71. The summed E-state index contributed by atoms with van der Waals surface area (Å²) >= 11 is 0. The Balaban J connectivity index is 2.57. The Kier molecular flexibility index (Phi) is 4.11. The fraction of sp³-hybridized carbons (Fsp3) is 0.308. The first-order valence-corrected chi connectivity index (χ1v) is 7.58. The largest absolute Gasteiger partial charge is 0.477 e. The van der Waals surface area contributed by atoms with E-state index in [4.69, 9.17) is 5.11 Å². The molecule has 0 unspecified atom stereocenters. The van der Waals surface area contributed by atoms with Crippen LogP contribution >= 0.6 is 0 Å². The molecule has 0 heterocycles. The Morgan fingerprint density at radius 3 is 2.52 bits per heavy atom. The van der Waals surface area contributed by atoms with Gasteiger partial charge in [0.25, 0.3) is 0 Å². The second-order valence-electron chi connectivity index (χ2n) is 4.63. The van der Waals surface area contributed by atoms with Crippen LogP contribution < -0.4 is 0 Å². The zero-order valence-corrected chi connectivity index (χ0v) is 11.7. The Morgan fingerprint density at radius 1 is 1.43 bits per heavy atom. The second-order valence-corrected chi connectivity index (χ2v) is 6.49. The molecule has 8 heteroatoms. The van der Waals surface area contributed by atoms with Gasteiger partial charge < -0.3 is 5.11 Å². The molecule has 1 aromatic rings. The number of carboxylic acids is 1. The standard InChI is InChI=1S/C13H13F2NO4S/c1-2-7-16(8-3-4-8)21(19,20)10-6-5-9(14)11(12(10)15)13(17)18/h2,5-6,8H,1,3-4,7H2,(H,17,18). The van der Waals surface area contributed by atoms with Crippen molar-refractivity contribution in [2.24, 2.45) is 0 Å². The summed E-state index contributed by atoms with van der Waals surface area (Å²) < 4.78 is 53.4. The highest BCUT2D eigenvalue weighted by Gasteiger charge is 2.39. The van der Waals surface area contributed by atoms with E-state index in [0.717, 1.165) is 10.4 Å². The quantitative estimate of drug-likeness (QED) is 0.814. The van der Waals surface area contributed by atoms with E-state index in [1.807, 2.05) is 0 Å². The summed E-state index contributed by atoms with van der Waals surface area (Å²) in [5.41, 5.74) is -1.27. The molecule has 0 saturated heterocycles. The van der Waals surface area contributed by atoms with Gasteiger partial charge in [-0.25, -0.2) is 22.0 Å². The van der Waals surface area contributed by atoms with Gasteiger partial charge >= 0.3 is 5.97 Å². The van der Waals surface area contributed by atoms with E-state index in [9.17, 15) is 22.0 Å². The molecule has 0 radical (unpaired) electrons. The number of hydrogen-bond donors (Lipinski definition) is 1. The topological polar surface area (TPSA) is 74.7 Å². The van der Waals surface area contributed by atoms with Crippen LogP contribution in [0.4, 0.5) is 8.78 Å². The van der Waals surface area contributed by atoms with E-state index in [-0.39, 0.29) is 12.6 Å². The zero-order valence-electron chi connectivity index (χ0n) is 10.9. The molecule has 5 nitrogen and oxygen atoms in total. The Morgan fingerprint density at radius 2 is 2.05 bits per heavy atom. The third kappa shape index (κ3) is 2.81. The molecule has 0 atom stereocenters. The molecule has 0 aromatic heterocycles. The smallest absolute Gasteiger partial charge is 0.341 e. The lowest BCUT2D eigenvalue weighted by Crippen LogP contribution is -2.34. The van der Waals surface area contributed by atoms with Crippen molar-refractivity contribution in [1.29, 1.82) is 0 Å². The number of sulfonamides is 1. The van der Waals surface area contributed by atoms with Crippen molar-refractivity contribution in [1.82, 2.24) is 4.31 Å². The van der Waals surface area contributed by atoms with Gasteiger partial charge in [0.2, 0.25) is 10.0 Å². The van der Waals surface area contributed by atoms with Crippen LogP contribution in [-0.4, -0.2) is 36.4 Å². The van der Waals surface area contributed by atoms with Gasteiger partial charge in [-0.05, 0) is 25.0 Å². The highest BCUT2D eigenvalue weighted by atomic mass is 32.2. The van der Waals surface area contributed by atoms with Gasteiger partial charge in [-0.15, -0.1) is 6.58 Å². The van der Waals surface area contributed by atoms with Crippen LogP contribution in [-0.2, 0) is 10.0 Å². The van der Waals surface area contributed by atoms with Crippen molar-refractivity contribution < 1.29 is 27.1 Å². The summed E-state index contributed by atoms with van der Waals surface area (Å²) in [6.45, 7) is 3.42. The number of nitrogens with zero attached hydrogens (tertiary/aromatic N) is 1. The van der Waals surface area contributed by atoms with Gasteiger partial charge in [0.05, 0.1) is 0 Å². The molecular weight excluding hydrogens is 304 g/mol.